The largest absolute Gasteiger partial charge is 0.360 e. The lowest BCUT2D eigenvalue weighted by atomic mass is 10.2. The van der Waals surface area contributed by atoms with Crippen molar-refractivity contribution in [3.8, 4) is 0 Å². The smallest absolute Gasteiger partial charge is 0.150 e. The van der Waals surface area contributed by atoms with Crippen molar-refractivity contribution >= 4 is 0 Å². The van der Waals surface area contributed by atoms with Crippen molar-refractivity contribution in [3.05, 3.63) is 17.5 Å². The van der Waals surface area contributed by atoms with E-state index in [0.29, 0.717) is 6.04 Å². The van der Waals surface area contributed by atoms with Crippen LogP contribution in [0.25, 0.3) is 0 Å². The van der Waals surface area contributed by atoms with Gasteiger partial charge in [0.25, 0.3) is 0 Å². The molecule has 4 nitrogen and oxygen atoms in total. The normalized spacial score (nSPS) is 23.1. The van der Waals surface area contributed by atoms with E-state index >= 15 is 0 Å². The van der Waals surface area contributed by atoms with Crippen molar-refractivity contribution in [1.29, 1.82) is 0 Å². The van der Waals surface area contributed by atoms with Gasteiger partial charge in [-0.1, -0.05) is 5.16 Å². The van der Waals surface area contributed by atoms with Crippen LogP contribution in [0.5, 0.6) is 0 Å². The van der Waals surface area contributed by atoms with Crippen LogP contribution < -0.4 is 5.73 Å². The van der Waals surface area contributed by atoms with Crippen LogP contribution in [0.2, 0.25) is 0 Å². The highest BCUT2D eigenvalue weighted by atomic mass is 16.5. The standard InChI is InChI=1S/C10H17N3O/c1-8-5-10(14-12-8)7-13-4-2-3-9(13)6-11/h5,9H,2-4,6-7,11H2,1H3. The first-order valence-electron chi connectivity index (χ1n) is 5.16. The number of aryl methyl sites for hydroxylation is 1. The molecule has 1 fully saturated rings. The molecule has 1 aromatic rings. The molecule has 14 heavy (non-hydrogen) atoms. The summed E-state index contributed by atoms with van der Waals surface area (Å²) in [6, 6.07) is 2.52. The summed E-state index contributed by atoms with van der Waals surface area (Å²) in [5, 5.41) is 3.88. The van der Waals surface area contributed by atoms with Gasteiger partial charge in [0.1, 0.15) is 0 Å². The Hall–Kier alpha value is -0.870. The molecule has 0 bridgehead atoms. The molecule has 0 spiro atoms. The second kappa shape index (κ2) is 4.11. The van der Waals surface area contributed by atoms with Crippen LogP contribution in [0.1, 0.15) is 24.3 Å². The zero-order valence-corrected chi connectivity index (χ0v) is 8.57. The molecule has 0 radical (unpaired) electrons. The van der Waals surface area contributed by atoms with Gasteiger partial charge in [-0.05, 0) is 26.3 Å². The van der Waals surface area contributed by atoms with E-state index in [1.807, 2.05) is 13.0 Å². The van der Waals surface area contributed by atoms with E-state index in [-0.39, 0.29) is 0 Å². The van der Waals surface area contributed by atoms with Gasteiger partial charge in [-0.25, -0.2) is 0 Å². The van der Waals surface area contributed by atoms with Gasteiger partial charge in [-0.3, -0.25) is 4.90 Å². The molecule has 0 amide bonds. The van der Waals surface area contributed by atoms with Crippen LogP contribution in [0, 0.1) is 6.92 Å². The molecule has 4 heteroatoms. The molecule has 2 rings (SSSR count). The van der Waals surface area contributed by atoms with E-state index < -0.39 is 0 Å². The van der Waals surface area contributed by atoms with E-state index in [1.54, 1.807) is 0 Å². The third-order valence-corrected chi connectivity index (χ3v) is 2.81. The van der Waals surface area contributed by atoms with Gasteiger partial charge in [-0.2, -0.15) is 0 Å². The maximum Gasteiger partial charge on any atom is 0.150 e. The second-order valence-corrected chi connectivity index (χ2v) is 3.94. The highest BCUT2D eigenvalue weighted by Crippen LogP contribution is 2.19. The number of hydrogen-bond acceptors (Lipinski definition) is 4. The predicted molar refractivity (Wildman–Crippen MR) is 53.7 cm³/mol. The Morgan fingerprint density at radius 1 is 1.71 bits per heavy atom. The van der Waals surface area contributed by atoms with Crippen LogP contribution >= 0.6 is 0 Å². The van der Waals surface area contributed by atoms with Crippen molar-refractivity contribution in [2.24, 2.45) is 5.73 Å². The Balaban J connectivity index is 1.96. The van der Waals surface area contributed by atoms with Crippen LogP contribution in [-0.2, 0) is 6.54 Å². The summed E-state index contributed by atoms with van der Waals surface area (Å²) in [6.45, 7) is 4.66. The molecule has 1 aliphatic heterocycles. The number of likely N-dealkylation sites (tertiary alicyclic amines) is 1. The molecule has 0 aromatic carbocycles. The summed E-state index contributed by atoms with van der Waals surface area (Å²) in [6.07, 6.45) is 2.46. The first-order valence-corrected chi connectivity index (χ1v) is 5.16. The van der Waals surface area contributed by atoms with E-state index in [0.717, 1.165) is 31.1 Å². The number of nitrogens with zero attached hydrogens (tertiary/aromatic N) is 2. The summed E-state index contributed by atoms with van der Waals surface area (Å²) in [4.78, 5) is 2.37. The number of rotatable bonds is 3. The Morgan fingerprint density at radius 2 is 2.57 bits per heavy atom. The van der Waals surface area contributed by atoms with E-state index in [2.05, 4.69) is 10.1 Å². The summed E-state index contributed by atoms with van der Waals surface area (Å²) in [7, 11) is 0. The Morgan fingerprint density at radius 3 is 3.21 bits per heavy atom. The fourth-order valence-corrected chi connectivity index (χ4v) is 2.06. The van der Waals surface area contributed by atoms with Gasteiger partial charge >= 0.3 is 0 Å². The van der Waals surface area contributed by atoms with Crippen LogP contribution in [-0.4, -0.2) is 29.2 Å². The number of aromatic nitrogens is 1. The number of hydrogen-bond donors (Lipinski definition) is 1. The van der Waals surface area contributed by atoms with Gasteiger partial charge in [0.2, 0.25) is 0 Å². The average Bonchev–Trinajstić information content (AvgIpc) is 2.76. The van der Waals surface area contributed by atoms with Crippen LogP contribution in [0.3, 0.4) is 0 Å². The first-order chi connectivity index (χ1) is 6.79. The quantitative estimate of drug-likeness (QED) is 0.778. The predicted octanol–water partition coefficient (Wildman–Crippen LogP) is 0.906. The fourth-order valence-electron chi connectivity index (χ4n) is 2.06. The van der Waals surface area contributed by atoms with Gasteiger partial charge in [0.15, 0.2) is 5.76 Å². The minimum Gasteiger partial charge on any atom is -0.360 e. The molecule has 1 atom stereocenters. The lowest BCUT2D eigenvalue weighted by Gasteiger charge is -2.21. The van der Waals surface area contributed by atoms with Crippen LogP contribution in [0.4, 0.5) is 0 Å². The molecule has 1 aromatic heterocycles. The molecule has 0 saturated carbocycles. The Bertz CT molecular complexity index is 297. The molecule has 0 aliphatic carbocycles. The lowest BCUT2D eigenvalue weighted by Crippen LogP contribution is -2.34. The van der Waals surface area contributed by atoms with Gasteiger partial charge in [-0.15, -0.1) is 0 Å². The van der Waals surface area contributed by atoms with Crippen LogP contribution in [0.15, 0.2) is 10.6 Å². The summed E-state index contributed by atoms with van der Waals surface area (Å²) < 4.78 is 5.19. The third kappa shape index (κ3) is 1.96. The first kappa shape index (κ1) is 9.68. The van der Waals surface area contributed by atoms with Crippen molar-refractivity contribution in [3.63, 3.8) is 0 Å². The minimum absolute atomic E-state index is 0.528. The number of nitrogens with two attached hydrogens (primary N) is 1. The lowest BCUT2D eigenvalue weighted by molar-refractivity contribution is 0.218. The monoisotopic (exact) mass is 195 g/mol. The molecule has 78 valence electrons. The van der Waals surface area contributed by atoms with Crippen molar-refractivity contribution < 1.29 is 4.52 Å². The molecule has 2 heterocycles. The van der Waals surface area contributed by atoms with Crippen molar-refractivity contribution in [1.82, 2.24) is 10.1 Å². The summed E-state index contributed by atoms with van der Waals surface area (Å²) in [5.74, 6) is 0.947. The molecule has 1 aliphatic rings. The van der Waals surface area contributed by atoms with Gasteiger partial charge < -0.3 is 10.3 Å². The maximum absolute atomic E-state index is 5.70. The Kier molecular flexibility index (Phi) is 2.84. The zero-order chi connectivity index (χ0) is 9.97. The molecular formula is C10H17N3O. The van der Waals surface area contributed by atoms with E-state index in [4.69, 9.17) is 10.3 Å². The van der Waals surface area contributed by atoms with E-state index in [9.17, 15) is 0 Å². The minimum atomic E-state index is 0.528. The fraction of sp³-hybridized carbons (Fsp3) is 0.700. The topological polar surface area (TPSA) is 55.3 Å². The summed E-state index contributed by atoms with van der Waals surface area (Å²) in [5.41, 5.74) is 6.64. The molecular weight excluding hydrogens is 178 g/mol. The van der Waals surface area contributed by atoms with E-state index in [1.165, 1.54) is 12.8 Å². The highest BCUT2D eigenvalue weighted by Gasteiger charge is 2.23. The molecule has 2 N–H and O–H groups in total. The SMILES string of the molecule is Cc1cc(CN2CCCC2CN)on1. The second-order valence-electron chi connectivity index (χ2n) is 3.94. The van der Waals surface area contributed by atoms with Gasteiger partial charge in [0.05, 0.1) is 12.2 Å². The van der Waals surface area contributed by atoms with Gasteiger partial charge in [0, 0.05) is 18.7 Å². The highest BCUT2D eigenvalue weighted by molar-refractivity contribution is 5.03. The van der Waals surface area contributed by atoms with Crippen molar-refractivity contribution in [2.75, 3.05) is 13.1 Å². The molecule has 1 unspecified atom stereocenters. The van der Waals surface area contributed by atoms with Crippen molar-refractivity contribution in [2.45, 2.75) is 32.4 Å². The Labute approximate surface area is 84.0 Å². The zero-order valence-electron chi connectivity index (χ0n) is 8.57. The molecule has 1 saturated heterocycles. The summed E-state index contributed by atoms with van der Waals surface area (Å²) >= 11 is 0. The maximum atomic E-state index is 5.70. The third-order valence-electron chi connectivity index (χ3n) is 2.81. The average molecular weight is 195 g/mol.